The summed E-state index contributed by atoms with van der Waals surface area (Å²) < 4.78 is 11.5. The molecule has 0 saturated heterocycles. The van der Waals surface area contributed by atoms with Crippen LogP contribution in [0.15, 0.2) is 23.2 Å². The molecule has 0 spiro atoms. The maximum atomic E-state index is 5.91. The second-order valence-corrected chi connectivity index (χ2v) is 6.65. The molecule has 0 atom stereocenters. The van der Waals surface area contributed by atoms with Crippen molar-refractivity contribution in [3.63, 3.8) is 0 Å². The predicted molar refractivity (Wildman–Crippen MR) is 114 cm³/mol. The maximum absolute atomic E-state index is 5.91. The molecule has 1 aromatic rings. The molecule has 0 unspecified atom stereocenters. The lowest BCUT2D eigenvalue weighted by molar-refractivity contribution is 0.129. The van der Waals surface area contributed by atoms with Crippen LogP contribution in [0.1, 0.15) is 37.8 Å². The van der Waals surface area contributed by atoms with E-state index in [0.29, 0.717) is 13.2 Å². The van der Waals surface area contributed by atoms with Gasteiger partial charge >= 0.3 is 0 Å². The van der Waals surface area contributed by atoms with E-state index in [4.69, 9.17) is 9.47 Å². The Morgan fingerprint density at radius 2 is 2.04 bits per heavy atom. The number of rotatable bonds is 9. The fourth-order valence-corrected chi connectivity index (χ4v) is 2.35. The zero-order valence-corrected chi connectivity index (χ0v) is 18.1. The summed E-state index contributed by atoms with van der Waals surface area (Å²) in [6.07, 6.45) is 2.81. The summed E-state index contributed by atoms with van der Waals surface area (Å²) in [5.41, 5.74) is 2.33. The van der Waals surface area contributed by atoms with E-state index in [2.05, 4.69) is 40.7 Å². The summed E-state index contributed by atoms with van der Waals surface area (Å²) in [5, 5.41) is 6.61. The third-order valence-corrected chi connectivity index (χ3v) is 3.84. The van der Waals surface area contributed by atoms with Gasteiger partial charge in [-0.15, -0.1) is 24.0 Å². The molecule has 0 radical (unpaired) electrons. The summed E-state index contributed by atoms with van der Waals surface area (Å²) in [6, 6.07) is 6.29. The van der Waals surface area contributed by atoms with Crippen LogP contribution >= 0.6 is 24.0 Å². The van der Waals surface area contributed by atoms with Gasteiger partial charge in [-0.05, 0) is 51.2 Å². The van der Waals surface area contributed by atoms with Crippen molar-refractivity contribution in [1.29, 1.82) is 0 Å². The van der Waals surface area contributed by atoms with Crippen molar-refractivity contribution in [2.75, 3.05) is 26.8 Å². The van der Waals surface area contributed by atoms with Gasteiger partial charge in [0.2, 0.25) is 0 Å². The molecule has 6 heteroatoms. The van der Waals surface area contributed by atoms with Crippen molar-refractivity contribution in [3.05, 3.63) is 29.3 Å². The first-order valence-electron chi connectivity index (χ1n) is 8.87. The summed E-state index contributed by atoms with van der Waals surface area (Å²) in [7, 11) is 1.78. The number of aryl methyl sites for hydroxylation is 1. The van der Waals surface area contributed by atoms with Crippen LogP contribution in [-0.4, -0.2) is 38.9 Å². The van der Waals surface area contributed by atoms with E-state index in [1.807, 2.05) is 13.8 Å². The molecule has 0 amide bonds. The van der Waals surface area contributed by atoms with E-state index in [9.17, 15) is 0 Å². The maximum Gasteiger partial charge on any atom is 0.191 e. The minimum absolute atomic E-state index is 0. The van der Waals surface area contributed by atoms with E-state index in [-0.39, 0.29) is 30.1 Å². The van der Waals surface area contributed by atoms with Gasteiger partial charge in [0, 0.05) is 32.3 Å². The van der Waals surface area contributed by atoms with Crippen molar-refractivity contribution in [2.45, 2.75) is 46.3 Å². The van der Waals surface area contributed by atoms with Crippen molar-refractivity contribution in [1.82, 2.24) is 10.6 Å². The van der Waals surface area contributed by atoms with Crippen LogP contribution in [0.3, 0.4) is 0 Å². The number of guanidine groups is 1. The molecule has 0 heterocycles. The van der Waals surface area contributed by atoms with Crippen molar-refractivity contribution in [3.8, 4) is 5.75 Å². The highest BCUT2D eigenvalue weighted by molar-refractivity contribution is 14.0. The standard InChI is InChI=1S/C19H31N3O2.HI/c1-14(2)24-18-11-15(3)5-8-17(18)12-22-19(20-4)21-9-10-23-13-16-6-7-16;/h5,8,11,14,16H,6-7,9-10,12-13H2,1-4H3,(H2,20,21,22);1H. The van der Waals surface area contributed by atoms with E-state index >= 15 is 0 Å². The zero-order valence-electron chi connectivity index (χ0n) is 15.8. The molecular formula is C19H32IN3O2. The first kappa shape index (κ1) is 22.0. The van der Waals surface area contributed by atoms with E-state index in [1.54, 1.807) is 7.05 Å². The number of aliphatic imine (C=N–C) groups is 1. The number of ether oxygens (including phenoxy) is 2. The lowest BCUT2D eigenvalue weighted by Crippen LogP contribution is -2.38. The highest BCUT2D eigenvalue weighted by Gasteiger charge is 2.20. The Labute approximate surface area is 169 Å². The van der Waals surface area contributed by atoms with Gasteiger partial charge in [0.15, 0.2) is 5.96 Å². The van der Waals surface area contributed by atoms with Gasteiger partial charge in [0.05, 0.1) is 12.7 Å². The Bertz CT molecular complexity index is 545. The lowest BCUT2D eigenvalue weighted by atomic mass is 10.1. The molecule has 0 aliphatic heterocycles. The summed E-state index contributed by atoms with van der Waals surface area (Å²) in [4.78, 5) is 4.25. The predicted octanol–water partition coefficient (Wildman–Crippen LogP) is 3.49. The van der Waals surface area contributed by atoms with Gasteiger partial charge in [-0.1, -0.05) is 12.1 Å². The highest BCUT2D eigenvalue weighted by Crippen LogP contribution is 2.28. The number of nitrogens with zero attached hydrogens (tertiary/aromatic N) is 1. The molecule has 2 rings (SSSR count). The first-order valence-corrected chi connectivity index (χ1v) is 8.87. The number of hydrogen-bond donors (Lipinski definition) is 2. The van der Waals surface area contributed by atoms with Crippen LogP contribution in [0.4, 0.5) is 0 Å². The fraction of sp³-hybridized carbons (Fsp3) is 0.632. The van der Waals surface area contributed by atoms with Crippen LogP contribution in [0.5, 0.6) is 5.75 Å². The molecule has 1 aliphatic carbocycles. The summed E-state index contributed by atoms with van der Waals surface area (Å²) in [5.74, 6) is 2.52. The van der Waals surface area contributed by atoms with Gasteiger partial charge in [0.1, 0.15) is 5.75 Å². The second-order valence-electron chi connectivity index (χ2n) is 6.65. The third-order valence-electron chi connectivity index (χ3n) is 3.84. The van der Waals surface area contributed by atoms with Gasteiger partial charge < -0.3 is 20.1 Å². The van der Waals surface area contributed by atoms with Gasteiger partial charge in [-0.25, -0.2) is 0 Å². The average molecular weight is 461 g/mol. The number of benzene rings is 1. The molecule has 1 fully saturated rings. The van der Waals surface area contributed by atoms with Crippen molar-refractivity contribution >= 4 is 29.9 Å². The molecule has 142 valence electrons. The lowest BCUT2D eigenvalue weighted by Gasteiger charge is -2.17. The van der Waals surface area contributed by atoms with Crippen molar-refractivity contribution < 1.29 is 9.47 Å². The summed E-state index contributed by atoms with van der Waals surface area (Å²) in [6.45, 7) is 9.20. The first-order chi connectivity index (χ1) is 11.6. The molecule has 1 aliphatic rings. The van der Waals surface area contributed by atoms with Crippen LogP contribution in [0, 0.1) is 12.8 Å². The Hall–Kier alpha value is -1.02. The minimum atomic E-state index is 0. The van der Waals surface area contributed by atoms with E-state index in [0.717, 1.165) is 36.3 Å². The van der Waals surface area contributed by atoms with Crippen molar-refractivity contribution in [2.24, 2.45) is 10.9 Å². The van der Waals surface area contributed by atoms with Gasteiger partial charge in [0.25, 0.3) is 0 Å². The van der Waals surface area contributed by atoms with Gasteiger partial charge in [-0.3, -0.25) is 4.99 Å². The Kier molecular flexibility index (Phi) is 10.2. The number of nitrogens with one attached hydrogen (secondary N) is 2. The molecule has 5 nitrogen and oxygen atoms in total. The average Bonchev–Trinajstić information content (AvgIpc) is 3.35. The Morgan fingerprint density at radius 3 is 2.68 bits per heavy atom. The molecule has 1 aromatic carbocycles. The molecule has 1 saturated carbocycles. The van der Waals surface area contributed by atoms with E-state index in [1.165, 1.54) is 18.4 Å². The topological polar surface area (TPSA) is 54.9 Å². The third kappa shape index (κ3) is 8.76. The molecule has 2 N–H and O–H groups in total. The molecular weight excluding hydrogens is 429 g/mol. The van der Waals surface area contributed by atoms with Crippen LogP contribution in [0.25, 0.3) is 0 Å². The van der Waals surface area contributed by atoms with Crippen LogP contribution in [0.2, 0.25) is 0 Å². The monoisotopic (exact) mass is 461 g/mol. The SMILES string of the molecule is CN=C(NCCOCC1CC1)NCc1ccc(C)cc1OC(C)C.I. The quantitative estimate of drug-likeness (QED) is 0.256. The fourth-order valence-electron chi connectivity index (χ4n) is 2.35. The largest absolute Gasteiger partial charge is 0.491 e. The second kappa shape index (κ2) is 11.6. The Balaban J connectivity index is 0.00000312. The number of halogens is 1. The number of hydrogen-bond acceptors (Lipinski definition) is 3. The molecule has 0 aromatic heterocycles. The van der Waals surface area contributed by atoms with Crippen LogP contribution < -0.4 is 15.4 Å². The minimum Gasteiger partial charge on any atom is -0.491 e. The zero-order chi connectivity index (χ0) is 17.4. The Morgan fingerprint density at radius 1 is 1.28 bits per heavy atom. The van der Waals surface area contributed by atoms with Crippen LogP contribution in [-0.2, 0) is 11.3 Å². The summed E-state index contributed by atoms with van der Waals surface area (Å²) >= 11 is 0. The molecule has 25 heavy (non-hydrogen) atoms. The smallest absolute Gasteiger partial charge is 0.191 e. The van der Waals surface area contributed by atoms with Gasteiger partial charge in [-0.2, -0.15) is 0 Å². The molecule has 0 bridgehead atoms. The highest BCUT2D eigenvalue weighted by atomic mass is 127. The normalized spacial score (nSPS) is 14.2. The van der Waals surface area contributed by atoms with E-state index < -0.39 is 0 Å².